The first-order chi connectivity index (χ1) is 10.7. The van der Waals surface area contributed by atoms with Gasteiger partial charge in [-0.15, -0.1) is 0 Å². The number of likely N-dealkylation sites (tertiary alicyclic amines) is 1. The second-order valence-corrected chi connectivity index (χ2v) is 5.87. The molecule has 0 spiro atoms. The quantitative estimate of drug-likeness (QED) is 0.945. The van der Waals surface area contributed by atoms with E-state index in [-0.39, 0.29) is 5.91 Å². The summed E-state index contributed by atoms with van der Waals surface area (Å²) in [5.74, 6) is 1.02. The number of oxazole rings is 1. The number of amides is 1. The Kier molecular flexibility index (Phi) is 4.24. The number of rotatable bonds is 3. The van der Waals surface area contributed by atoms with Crippen molar-refractivity contribution >= 4 is 5.91 Å². The van der Waals surface area contributed by atoms with Crippen LogP contribution in [0.15, 0.2) is 35.1 Å². The smallest absolute Gasteiger partial charge is 0.276 e. The van der Waals surface area contributed by atoms with E-state index >= 15 is 0 Å². The number of nitrogens with zero attached hydrogens (tertiary/aromatic N) is 2. The summed E-state index contributed by atoms with van der Waals surface area (Å²) >= 11 is 0. The molecular formula is C17H21N3O2. The molecule has 3 rings (SSSR count). The van der Waals surface area contributed by atoms with Crippen molar-refractivity contribution in [2.75, 3.05) is 19.6 Å². The van der Waals surface area contributed by atoms with Crippen molar-refractivity contribution in [1.29, 1.82) is 0 Å². The summed E-state index contributed by atoms with van der Waals surface area (Å²) in [6, 6.07) is 7.90. The number of aryl methyl sites for hydroxylation is 1. The normalized spacial score (nSPS) is 16.0. The topological polar surface area (TPSA) is 72.4 Å². The number of aromatic nitrogens is 1. The van der Waals surface area contributed by atoms with Crippen molar-refractivity contribution in [3.05, 3.63) is 41.9 Å². The summed E-state index contributed by atoms with van der Waals surface area (Å²) in [5, 5.41) is 0. The third-order valence-electron chi connectivity index (χ3n) is 4.32. The van der Waals surface area contributed by atoms with E-state index in [0.29, 0.717) is 23.9 Å². The lowest BCUT2D eigenvalue weighted by atomic mass is 9.97. The fourth-order valence-electron chi connectivity index (χ4n) is 2.83. The molecule has 1 amide bonds. The van der Waals surface area contributed by atoms with E-state index in [1.54, 1.807) is 0 Å². The fraction of sp³-hybridized carbons (Fsp3) is 0.412. The van der Waals surface area contributed by atoms with E-state index < -0.39 is 0 Å². The average Bonchev–Trinajstić information content (AvgIpc) is 3.04. The molecule has 2 N–H and O–H groups in total. The molecule has 0 saturated carbocycles. The van der Waals surface area contributed by atoms with Gasteiger partial charge in [0.05, 0.1) is 0 Å². The van der Waals surface area contributed by atoms with Crippen molar-refractivity contribution in [1.82, 2.24) is 9.88 Å². The van der Waals surface area contributed by atoms with Crippen LogP contribution < -0.4 is 5.73 Å². The van der Waals surface area contributed by atoms with Crippen LogP contribution in [0.25, 0.3) is 11.3 Å². The van der Waals surface area contributed by atoms with Crippen LogP contribution in [-0.4, -0.2) is 35.4 Å². The first kappa shape index (κ1) is 14.8. The van der Waals surface area contributed by atoms with Crippen LogP contribution in [0.3, 0.4) is 0 Å². The number of carbonyl (C=O) groups excluding carboxylic acids is 1. The monoisotopic (exact) mass is 299 g/mol. The van der Waals surface area contributed by atoms with Gasteiger partial charge in [-0.05, 0) is 32.2 Å². The Morgan fingerprint density at radius 3 is 2.64 bits per heavy atom. The molecule has 1 aromatic carbocycles. The Morgan fingerprint density at radius 2 is 2.00 bits per heavy atom. The van der Waals surface area contributed by atoms with E-state index in [1.165, 1.54) is 12.0 Å². The van der Waals surface area contributed by atoms with Gasteiger partial charge < -0.3 is 15.1 Å². The maximum atomic E-state index is 12.7. The number of nitrogens with two attached hydrogens (primary N) is 1. The number of benzene rings is 1. The first-order valence-electron chi connectivity index (χ1n) is 7.69. The largest absolute Gasteiger partial charge is 0.443 e. The van der Waals surface area contributed by atoms with Crippen molar-refractivity contribution < 1.29 is 9.21 Å². The minimum atomic E-state index is -0.0557. The standard InChI is InChI=1S/C17H21N3O2/c1-12-2-4-14(5-3-12)16-15(19-11-22-16)17(21)20-8-6-13(10-18)7-9-20/h2-5,11,13H,6-10,18H2,1H3. The highest BCUT2D eigenvalue weighted by atomic mass is 16.3. The third kappa shape index (κ3) is 2.90. The van der Waals surface area contributed by atoms with Crippen LogP contribution in [0.4, 0.5) is 0 Å². The first-order valence-corrected chi connectivity index (χ1v) is 7.69. The molecule has 5 nitrogen and oxygen atoms in total. The minimum Gasteiger partial charge on any atom is -0.443 e. The molecule has 1 aliphatic heterocycles. The minimum absolute atomic E-state index is 0.0557. The molecule has 1 aliphatic rings. The van der Waals surface area contributed by atoms with Crippen LogP contribution in [0.1, 0.15) is 28.9 Å². The predicted octanol–water partition coefficient (Wildman–Crippen LogP) is 2.46. The van der Waals surface area contributed by atoms with Gasteiger partial charge in [-0.1, -0.05) is 29.8 Å². The number of piperidine rings is 1. The molecular weight excluding hydrogens is 278 g/mol. The second kappa shape index (κ2) is 6.32. The van der Waals surface area contributed by atoms with Crippen LogP contribution in [-0.2, 0) is 0 Å². The molecule has 2 aromatic rings. The molecule has 2 heterocycles. The molecule has 0 bridgehead atoms. The molecule has 22 heavy (non-hydrogen) atoms. The van der Waals surface area contributed by atoms with Crippen LogP contribution >= 0.6 is 0 Å². The van der Waals surface area contributed by atoms with Crippen molar-refractivity contribution in [2.24, 2.45) is 11.7 Å². The lowest BCUT2D eigenvalue weighted by Gasteiger charge is -2.31. The van der Waals surface area contributed by atoms with Crippen LogP contribution in [0.2, 0.25) is 0 Å². The lowest BCUT2D eigenvalue weighted by Crippen LogP contribution is -2.40. The molecule has 0 unspecified atom stereocenters. The molecule has 116 valence electrons. The number of carbonyl (C=O) groups is 1. The van der Waals surface area contributed by atoms with Gasteiger partial charge in [0.2, 0.25) is 0 Å². The Balaban J connectivity index is 1.80. The third-order valence-corrected chi connectivity index (χ3v) is 4.32. The van der Waals surface area contributed by atoms with Gasteiger partial charge in [0.15, 0.2) is 17.8 Å². The van der Waals surface area contributed by atoms with Gasteiger partial charge in [0, 0.05) is 18.7 Å². The van der Waals surface area contributed by atoms with E-state index in [2.05, 4.69) is 4.98 Å². The van der Waals surface area contributed by atoms with E-state index in [0.717, 1.165) is 31.5 Å². The van der Waals surface area contributed by atoms with Crippen LogP contribution in [0, 0.1) is 12.8 Å². The number of hydrogen-bond acceptors (Lipinski definition) is 4. The highest BCUT2D eigenvalue weighted by molar-refractivity contribution is 5.97. The maximum Gasteiger partial charge on any atom is 0.276 e. The van der Waals surface area contributed by atoms with Gasteiger partial charge in [-0.3, -0.25) is 4.79 Å². The zero-order valence-corrected chi connectivity index (χ0v) is 12.8. The van der Waals surface area contributed by atoms with E-state index in [4.69, 9.17) is 10.2 Å². The molecule has 5 heteroatoms. The predicted molar refractivity (Wildman–Crippen MR) is 84.4 cm³/mol. The molecule has 1 aromatic heterocycles. The summed E-state index contributed by atoms with van der Waals surface area (Å²) in [6.45, 7) is 4.19. The van der Waals surface area contributed by atoms with Gasteiger partial charge in [0.25, 0.3) is 5.91 Å². The van der Waals surface area contributed by atoms with E-state index in [1.807, 2.05) is 36.1 Å². The Hall–Kier alpha value is -2.14. The maximum absolute atomic E-state index is 12.7. The summed E-state index contributed by atoms with van der Waals surface area (Å²) in [7, 11) is 0. The van der Waals surface area contributed by atoms with Gasteiger partial charge in [-0.2, -0.15) is 0 Å². The Bertz CT molecular complexity index is 640. The Morgan fingerprint density at radius 1 is 1.32 bits per heavy atom. The zero-order chi connectivity index (χ0) is 15.5. The summed E-state index contributed by atoms with van der Waals surface area (Å²) < 4.78 is 5.47. The summed E-state index contributed by atoms with van der Waals surface area (Å²) in [4.78, 5) is 18.7. The van der Waals surface area contributed by atoms with E-state index in [9.17, 15) is 4.79 Å². The molecule has 0 aliphatic carbocycles. The molecule has 1 saturated heterocycles. The fourth-order valence-corrected chi connectivity index (χ4v) is 2.83. The molecule has 0 atom stereocenters. The van der Waals surface area contributed by atoms with Gasteiger partial charge >= 0.3 is 0 Å². The highest BCUT2D eigenvalue weighted by Crippen LogP contribution is 2.26. The lowest BCUT2D eigenvalue weighted by molar-refractivity contribution is 0.0688. The van der Waals surface area contributed by atoms with Gasteiger partial charge in [-0.25, -0.2) is 4.98 Å². The highest BCUT2D eigenvalue weighted by Gasteiger charge is 2.27. The summed E-state index contributed by atoms with van der Waals surface area (Å²) in [5.41, 5.74) is 8.14. The van der Waals surface area contributed by atoms with Crippen LogP contribution in [0.5, 0.6) is 0 Å². The van der Waals surface area contributed by atoms with Gasteiger partial charge in [0.1, 0.15) is 0 Å². The zero-order valence-electron chi connectivity index (χ0n) is 12.8. The SMILES string of the molecule is Cc1ccc(-c2ocnc2C(=O)N2CCC(CN)CC2)cc1. The Labute approximate surface area is 130 Å². The summed E-state index contributed by atoms with van der Waals surface area (Å²) in [6.07, 6.45) is 3.26. The number of hydrogen-bond donors (Lipinski definition) is 1. The van der Waals surface area contributed by atoms with Crippen molar-refractivity contribution in [3.8, 4) is 11.3 Å². The van der Waals surface area contributed by atoms with Crippen molar-refractivity contribution in [3.63, 3.8) is 0 Å². The molecule has 1 fully saturated rings. The van der Waals surface area contributed by atoms with Crippen molar-refractivity contribution in [2.45, 2.75) is 19.8 Å². The average molecular weight is 299 g/mol. The molecule has 0 radical (unpaired) electrons. The second-order valence-electron chi connectivity index (χ2n) is 5.87.